The van der Waals surface area contributed by atoms with Gasteiger partial charge in [0.25, 0.3) is 0 Å². The maximum absolute atomic E-state index is 10.0. The number of methoxy groups -OCH3 is 1. The van der Waals surface area contributed by atoms with E-state index in [9.17, 15) is 15.3 Å². The molecular formula is C11H24O4S2. The number of hydrogen-bond donors (Lipinski definition) is 3. The quantitative estimate of drug-likeness (QED) is 0.547. The minimum Gasteiger partial charge on any atom is -0.391 e. The molecule has 0 saturated carbocycles. The first-order valence-corrected chi connectivity index (χ1v) is 7.89. The van der Waals surface area contributed by atoms with Crippen LogP contribution in [0.4, 0.5) is 0 Å². The van der Waals surface area contributed by atoms with E-state index in [1.54, 1.807) is 23.5 Å². The van der Waals surface area contributed by atoms with E-state index in [0.717, 1.165) is 11.5 Å². The minimum absolute atomic E-state index is 0.0541. The highest BCUT2D eigenvalue weighted by molar-refractivity contribution is 8.17. The van der Waals surface area contributed by atoms with Gasteiger partial charge in [0.05, 0.1) is 10.7 Å². The Morgan fingerprint density at radius 1 is 1.00 bits per heavy atom. The summed E-state index contributed by atoms with van der Waals surface area (Å²) in [5, 5.41) is 29.0. The second-order valence-electron chi connectivity index (χ2n) is 3.70. The molecule has 0 aliphatic rings. The van der Waals surface area contributed by atoms with E-state index in [-0.39, 0.29) is 4.58 Å². The molecule has 104 valence electrons. The Bertz CT molecular complexity index is 184. The highest BCUT2D eigenvalue weighted by atomic mass is 32.2. The summed E-state index contributed by atoms with van der Waals surface area (Å²) in [6.45, 7) is 5.53. The van der Waals surface area contributed by atoms with Gasteiger partial charge in [-0.1, -0.05) is 13.8 Å². The summed E-state index contributed by atoms with van der Waals surface area (Å²) in [5.74, 6) is 1.82. The summed E-state index contributed by atoms with van der Waals surface area (Å²) >= 11 is 3.35. The zero-order chi connectivity index (χ0) is 13.4. The number of aliphatic hydroxyl groups excluding tert-OH is 3. The molecular weight excluding hydrogens is 260 g/mol. The summed E-state index contributed by atoms with van der Waals surface area (Å²) in [5.41, 5.74) is 0. The molecule has 0 aromatic rings. The second-order valence-corrected chi connectivity index (χ2v) is 6.84. The molecule has 0 spiro atoms. The van der Waals surface area contributed by atoms with E-state index in [2.05, 4.69) is 0 Å². The molecule has 0 fully saturated rings. The summed E-state index contributed by atoms with van der Waals surface area (Å²) in [4.78, 5) is 0. The van der Waals surface area contributed by atoms with Gasteiger partial charge in [-0.05, 0) is 18.4 Å². The zero-order valence-electron chi connectivity index (χ0n) is 10.9. The van der Waals surface area contributed by atoms with Crippen LogP contribution < -0.4 is 0 Å². The Morgan fingerprint density at radius 3 is 1.76 bits per heavy atom. The Labute approximate surface area is 112 Å². The van der Waals surface area contributed by atoms with Crippen LogP contribution in [0.15, 0.2) is 0 Å². The monoisotopic (exact) mass is 284 g/mol. The van der Waals surface area contributed by atoms with Crippen molar-refractivity contribution in [1.82, 2.24) is 0 Å². The highest BCUT2D eigenvalue weighted by Crippen LogP contribution is 2.30. The molecule has 0 unspecified atom stereocenters. The third-order valence-electron chi connectivity index (χ3n) is 2.38. The predicted octanol–water partition coefficient (Wildman–Crippen LogP) is 0.936. The van der Waals surface area contributed by atoms with Crippen LogP contribution in [0, 0.1) is 0 Å². The van der Waals surface area contributed by atoms with Crippen LogP contribution in [-0.2, 0) is 4.74 Å². The molecule has 0 aliphatic carbocycles. The van der Waals surface area contributed by atoms with Gasteiger partial charge in [0.15, 0.2) is 0 Å². The van der Waals surface area contributed by atoms with Crippen LogP contribution >= 0.6 is 23.5 Å². The fourth-order valence-electron chi connectivity index (χ4n) is 1.46. The van der Waals surface area contributed by atoms with Crippen LogP contribution in [0.2, 0.25) is 0 Å². The molecule has 3 N–H and O–H groups in total. The van der Waals surface area contributed by atoms with Crippen molar-refractivity contribution in [2.45, 2.75) is 49.8 Å². The molecule has 0 saturated heterocycles. The van der Waals surface area contributed by atoms with Gasteiger partial charge in [-0.2, -0.15) is 0 Å². The number of rotatable bonds is 9. The normalized spacial score (nSPS) is 19.1. The van der Waals surface area contributed by atoms with Gasteiger partial charge in [-0.25, -0.2) is 0 Å². The molecule has 0 aromatic heterocycles. The average molecular weight is 284 g/mol. The largest absolute Gasteiger partial charge is 0.391 e. The maximum Gasteiger partial charge on any atom is 0.110 e. The van der Waals surface area contributed by atoms with Crippen molar-refractivity contribution >= 4 is 23.5 Å². The lowest BCUT2D eigenvalue weighted by atomic mass is 10.1. The van der Waals surface area contributed by atoms with Crippen molar-refractivity contribution in [1.29, 1.82) is 0 Å². The van der Waals surface area contributed by atoms with E-state index in [1.165, 1.54) is 14.0 Å². The maximum atomic E-state index is 10.0. The Balaban J connectivity index is 4.63. The minimum atomic E-state index is -1.18. The fourth-order valence-corrected chi connectivity index (χ4v) is 4.24. The topological polar surface area (TPSA) is 69.9 Å². The lowest BCUT2D eigenvalue weighted by Crippen LogP contribution is -2.47. The van der Waals surface area contributed by atoms with Crippen molar-refractivity contribution in [2.24, 2.45) is 0 Å². The molecule has 0 aromatic carbocycles. The second kappa shape index (κ2) is 9.47. The van der Waals surface area contributed by atoms with Gasteiger partial charge < -0.3 is 20.1 Å². The summed E-state index contributed by atoms with van der Waals surface area (Å²) in [6.07, 6.45) is -3.73. The number of ether oxygens (including phenoxy) is 1. The van der Waals surface area contributed by atoms with Crippen LogP contribution in [0.1, 0.15) is 20.8 Å². The van der Waals surface area contributed by atoms with Crippen molar-refractivity contribution < 1.29 is 20.1 Å². The standard InChI is InChI=1S/C11H24O4S2/c1-5-16-11(17-6-2)10(15-4)9(14)8(13)7(3)12/h7-14H,5-6H2,1-4H3/t7-,8+,9+,10-/m1/s1. The molecule has 4 nitrogen and oxygen atoms in total. The van der Waals surface area contributed by atoms with Gasteiger partial charge in [-0.15, -0.1) is 23.5 Å². The summed E-state index contributed by atoms with van der Waals surface area (Å²) < 4.78 is 5.34. The van der Waals surface area contributed by atoms with Gasteiger partial charge in [0.2, 0.25) is 0 Å². The third-order valence-corrected chi connectivity index (χ3v) is 5.06. The molecule has 0 radical (unpaired) electrons. The average Bonchev–Trinajstić information content (AvgIpc) is 2.29. The first-order chi connectivity index (χ1) is 7.99. The van der Waals surface area contributed by atoms with Crippen molar-refractivity contribution in [3.8, 4) is 0 Å². The van der Waals surface area contributed by atoms with E-state index in [4.69, 9.17) is 4.74 Å². The summed E-state index contributed by atoms with van der Waals surface area (Å²) in [7, 11) is 1.52. The van der Waals surface area contributed by atoms with Gasteiger partial charge in [-0.3, -0.25) is 0 Å². The molecule has 0 rings (SSSR count). The summed E-state index contributed by atoms with van der Waals surface area (Å²) in [6, 6.07) is 0. The van der Waals surface area contributed by atoms with E-state index in [0.29, 0.717) is 0 Å². The number of thioether (sulfide) groups is 2. The van der Waals surface area contributed by atoms with Crippen LogP contribution in [-0.4, -0.2) is 62.9 Å². The SMILES string of the molecule is CCSC(SCC)[C@H](OC)[C@@H](O)[C@@H](O)[C@@H](C)O. The van der Waals surface area contributed by atoms with Gasteiger partial charge >= 0.3 is 0 Å². The lowest BCUT2D eigenvalue weighted by Gasteiger charge is -2.32. The van der Waals surface area contributed by atoms with Crippen molar-refractivity contribution in [3.63, 3.8) is 0 Å². The van der Waals surface area contributed by atoms with Crippen LogP contribution in [0.25, 0.3) is 0 Å². The Morgan fingerprint density at radius 2 is 1.47 bits per heavy atom. The lowest BCUT2D eigenvalue weighted by molar-refractivity contribution is -0.105. The van der Waals surface area contributed by atoms with Crippen molar-refractivity contribution in [2.75, 3.05) is 18.6 Å². The Kier molecular flexibility index (Phi) is 9.77. The smallest absolute Gasteiger partial charge is 0.110 e. The zero-order valence-corrected chi connectivity index (χ0v) is 12.5. The van der Waals surface area contributed by atoms with E-state index >= 15 is 0 Å². The third kappa shape index (κ3) is 5.81. The molecule has 0 bridgehead atoms. The van der Waals surface area contributed by atoms with Gasteiger partial charge in [0.1, 0.15) is 18.3 Å². The molecule has 0 heterocycles. The molecule has 0 aliphatic heterocycles. The van der Waals surface area contributed by atoms with E-state index in [1.807, 2.05) is 13.8 Å². The molecule has 4 atom stereocenters. The van der Waals surface area contributed by atoms with Crippen molar-refractivity contribution in [3.05, 3.63) is 0 Å². The molecule has 17 heavy (non-hydrogen) atoms. The van der Waals surface area contributed by atoms with Crippen LogP contribution in [0.5, 0.6) is 0 Å². The van der Waals surface area contributed by atoms with E-state index < -0.39 is 24.4 Å². The fraction of sp³-hybridized carbons (Fsp3) is 1.00. The van der Waals surface area contributed by atoms with Gasteiger partial charge in [0, 0.05) is 7.11 Å². The van der Waals surface area contributed by atoms with Crippen LogP contribution in [0.3, 0.4) is 0 Å². The first kappa shape index (κ1) is 17.5. The number of hydrogen-bond acceptors (Lipinski definition) is 6. The number of aliphatic hydroxyl groups is 3. The molecule has 0 amide bonds. The highest BCUT2D eigenvalue weighted by Gasteiger charge is 2.35. The predicted molar refractivity (Wildman–Crippen MR) is 74.5 cm³/mol. The molecule has 6 heteroatoms. The first-order valence-electron chi connectivity index (χ1n) is 5.79. The Hall–Kier alpha value is 0.540.